The fourth-order valence-electron chi connectivity index (χ4n) is 2.12. The Labute approximate surface area is 142 Å². The Morgan fingerprint density at radius 2 is 1.78 bits per heavy atom. The summed E-state index contributed by atoms with van der Waals surface area (Å²) in [5.41, 5.74) is 3.24. The van der Waals surface area contributed by atoms with E-state index in [1.807, 2.05) is 41.0 Å². The zero-order valence-electron chi connectivity index (χ0n) is 12.1. The Hall–Kier alpha value is -2.11. The van der Waals surface area contributed by atoms with Crippen molar-refractivity contribution in [3.8, 4) is 17.1 Å². The van der Waals surface area contributed by atoms with Gasteiger partial charge in [-0.3, -0.25) is 4.57 Å². The Kier molecular flexibility index (Phi) is 5.10. The highest BCUT2D eigenvalue weighted by atomic mass is 35.5. The van der Waals surface area contributed by atoms with Crippen molar-refractivity contribution in [3.05, 3.63) is 72.0 Å². The van der Waals surface area contributed by atoms with Gasteiger partial charge in [0.1, 0.15) is 5.82 Å². The molecule has 0 amide bonds. The minimum Gasteiger partial charge on any atom is -0.270 e. The molecule has 0 saturated heterocycles. The molecule has 0 aliphatic rings. The largest absolute Gasteiger partial charge is 0.270 e. The third kappa shape index (κ3) is 3.63. The average molecular weight is 346 g/mol. The summed E-state index contributed by atoms with van der Waals surface area (Å²) < 4.78 is 15.1. The van der Waals surface area contributed by atoms with Crippen molar-refractivity contribution in [1.29, 1.82) is 0 Å². The van der Waals surface area contributed by atoms with Gasteiger partial charge in [-0.1, -0.05) is 59.8 Å². The number of hydrogen-bond donors (Lipinski definition) is 0. The van der Waals surface area contributed by atoms with Gasteiger partial charge in [-0.05, 0) is 24.3 Å². The number of nitrogens with zero attached hydrogens (tertiary/aromatic N) is 3. The SMILES string of the molecule is Fc1ccc(-n2c(SC/C=C/Cl)nnc2-c2ccccc2)cc1. The first-order valence-electron chi connectivity index (χ1n) is 6.94. The zero-order valence-corrected chi connectivity index (χ0v) is 13.6. The number of aromatic nitrogens is 3. The second-order valence-electron chi connectivity index (χ2n) is 4.66. The molecular weight excluding hydrogens is 333 g/mol. The Morgan fingerprint density at radius 3 is 2.48 bits per heavy atom. The Morgan fingerprint density at radius 1 is 1.04 bits per heavy atom. The lowest BCUT2D eigenvalue weighted by atomic mass is 10.2. The van der Waals surface area contributed by atoms with E-state index in [9.17, 15) is 4.39 Å². The van der Waals surface area contributed by atoms with E-state index >= 15 is 0 Å². The summed E-state index contributed by atoms with van der Waals surface area (Å²) in [6.45, 7) is 0. The molecule has 0 bridgehead atoms. The van der Waals surface area contributed by atoms with Gasteiger partial charge in [-0.2, -0.15) is 0 Å². The summed E-state index contributed by atoms with van der Waals surface area (Å²) in [4.78, 5) is 0. The van der Waals surface area contributed by atoms with Crippen LogP contribution in [0, 0.1) is 5.82 Å². The van der Waals surface area contributed by atoms with Crippen LogP contribution < -0.4 is 0 Å². The van der Waals surface area contributed by atoms with Crippen molar-refractivity contribution in [3.63, 3.8) is 0 Å². The highest BCUT2D eigenvalue weighted by Gasteiger charge is 2.15. The van der Waals surface area contributed by atoms with E-state index in [0.29, 0.717) is 5.75 Å². The van der Waals surface area contributed by atoms with Crippen molar-refractivity contribution in [2.75, 3.05) is 5.75 Å². The van der Waals surface area contributed by atoms with Crippen molar-refractivity contribution >= 4 is 23.4 Å². The number of thioether (sulfide) groups is 1. The Bertz CT molecular complexity index is 800. The highest BCUT2D eigenvalue weighted by molar-refractivity contribution is 7.99. The molecule has 0 atom stereocenters. The molecular formula is C17H13ClFN3S. The van der Waals surface area contributed by atoms with Crippen LogP contribution in [0.5, 0.6) is 0 Å². The molecule has 116 valence electrons. The minimum atomic E-state index is -0.276. The van der Waals surface area contributed by atoms with Crippen LogP contribution in [0.1, 0.15) is 0 Å². The molecule has 0 unspecified atom stereocenters. The van der Waals surface area contributed by atoms with Crippen LogP contribution >= 0.6 is 23.4 Å². The van der Waals surface area contributed by atoms with Crippen LogP contribution in [0.15, 0.2) is 71.4 Å². The summed E-state index contributed by atoms with van der Waals surface area (Å²) in [5.74, 6) is 1.12. The van der Waals surface area contributed by atoms with E-state index in [4.69, 9.17) is 11.6 Å². The van der Waals surface area contributed by atoms with Gasteiger partial charge in [-0.25, -0.2) is 4.39 Å². The highest BCUT2D eigenvalue weighted by Crippen LogP contribution is 2.28. The fraction of sp³-hybridized carbons (Fsp3) is 0.0588. The lowest BCUT2D eigenvalue weighted by molar-refractivity contribution is 0.627. The molecule has 23 heavy (non-hydrogen) atoms. The van der Waals surface area contributed by atoms with Crippen LogP contribution in [0.25, 0.3) is 17.1 Å². The molecule has 0 saturated carbocycles. The number of halogens is 2. The van der Waals surface area contributed by atoms with Crippen LogP contribution in [0.2, 0.25) is 0 Å². The number of hydrogen-bond acceptors (Lipinski definition) is 3. The average Bonchev–Trinajstić information content (AvgIpc) is 3.00. The topological polar surface area (TPSA) is 30.7 Å². The van der Waals surface area contributed by atoms with E-state index in [2.05, 4.69) is 10.2 Å². The molecule has 0 spiro atoms. The van der Waals surface area contributed by atoms with Gasteiger partial charge in [0.15, 0.2) is 11.0 Å². The molecule has 6 heteroatoms. The van der Waals surface area contributed by atoms with Crippen molar-refractivity contribution < 1.29 is 4.39 Å². The quantitative estimate of drug-likeness (QED) is 0.615. The van der Waals surface area contributed by atoms with Crippen molar-refractivity contribution in [2.45, 2.75) is 5.16 Å². The van der Waals surface area contributed by atoms with E-state index in [0.717, 1.165) is 22.2 Å². The molecule has 0 aliphatic carbocycles. The summed E-state index contributed by atoms with van der Waals surface area (Å²) in [7, 11) is 0. The van der Waals surface area contributed by atoms with Gasteiger partial charge in [0.2, 0.25) is 0 Å². The maximum Gasteiger partial charge on any atom is 0.196 e. The van der Waals surface area contributed by atoms with Gasteiger partial charge in [0, 0.05) is 22.5 Å². The van der Waals surface area contributed by atoms with Gasteiger partial charge in [0.25, 0.3) is 0 Å². The first kappa shape index (κ1) is 15.8. The Balaban J connectivity index is 2.08. The van der Waals surface area contributed by atoms with E-state index in [-0.39, 0.29) is 5.82 Å². The fourth-order valence-corrected chi connectivity index (χ4v) is 3.08. The molecule has 0 aliphatic heterocycles. The van der Waals surface area contributed by atoms with Crippen LogP contribution in [0.3, 0.4) is 0 Å². The standard InChI is InChI=1S/C17H13ClFN3S/c18-11-4-12-23-17-21-20-16(13-5-2-1-3-6-13)22(17)15-9-7-14(19)8-10-15/h1-11H,12H2/b11-4+. The zero-order chi connectivity index (χ0) is 16.1. The molecule has 3 rings (SSSR count). The van der Waals surface area contributed by atoms with Crippen molar-refractivity contribution in [1.82, 2.24) is 14.8 Å². The molecule has 1 aromatic heterocycles. The summed E-state index contributed by atoms with van der Waals surface area (Å²) in [5, 5.41) is 9.30. The van der Waals surface area contributed by atoms with E-state index in [1.165, 1.54) is 29.4 Å². The van der Waals surface area contributed by atoms with Gasteiger partial charge in [-0.15, -0.1) is 10.2 Å². The third-order valence-electron chi connectivity index (χ3n) is 3.15. The van der Waals surface area contributed by atoms with Gasteiger partial charge >= 0.3 is 0 Å². The maximum atomic E-state index is 13.2. The normalized spacial score (nSPS) is 11.2. The van der Waals surface area contributed by atoms with Crippen molar-refractivity contribution in [2.24, 2.45) is 0 Å². The predicted molar refractivity (Wildman–Crippen MR) is 92.5 cm³/mol. The van der Waals surface area contributed by atoms with Gasteiger partial charge < -0.3 is 0 Å². The summed E-state index contributed by atoms with van der Waals surface area (Å²) in [6, 6.07) is 16.1. The summed E-state index contributed by atoms with van der Waals surface area (Å²) in [6.07, 6.45) is 1.83. The molecule has 0 radical (unpaired) electrons. The smallest absolute Gasteiger partial charge is 0.196 e. The van der Waals surface area contributed by atoms with E-state index < -0.39 is 0 Å². The molecule has 2 aromatic carbocycles. The number of benzene rings is 2. The monoisotopic (exact) mass is 345 g/mol. The molecule has 0 fully saturated rings. The molecule has 1 heterocycles. The second-order valence-corrected chi connectivity index (χ2v) is 5.90. The first-order valence-corrected chi connectivity index (χ1v) is 8.36. The second kappa shape index (κ2) is 7.44. The minimum absolute atomic E-state index is 0.276. The molecule has 3 nitrogen and oxygen atoms in total. The van der Waals surface area contributed by atoms with Crippen LogP contribution in [-0.2, 0) is 0 Å². The summed E-state index contributed by atoms with van der Waals surface area (Å²) >= 11 is 7.08. The molecule has 3 aromatic rings. The van der Waals surface area contributed by atoms with E-state index in [1.54, 1.807) is 12.1 Å². The van der Waals surface area contributed by atoms with Crippen LogP contribution in [-0.4, -0.2) is 20.5 Å². The maximum absolute atomic E-state index is 13.2. The first-order chi connectivity index (χ1) is 11.3. The van der Waals surface area contributed by atoms with Crippen LogP contribution in [0.4, 0.5) is 4.39 Å². The lowest BCUT2D eigenvalue weighted by Crippen LogP contribution is -1.99. The predicted octanol–water partition coefficient (Wildman–Crippen LogP) is 4.92. The van der Waals surface area contributed by atoms with Gasteiger partial charge in [0.05, 0.1) is 0 Å². The number of rotatable bonds is 5. The third-order valence-corrected chi connectivity index (χ3v) is 4.21. The lowest BCUT2D eigenvalue weighted by Gasteiger charge is -2.10. The molecule has 0 N–H and O–H groups in total.